The van der Waals surface area contributed by atoms with E-state index in [1.165, 1.54) is 11.1 Å². The topological polar surface area (TPSA) is 74.7 Å². The Morgan fingerprint density at radius 3 is 3.00 bits per heavy atom. The molecule has 0 spiro atoms. The summed E-state index contributed by atoms with van der Waals surface area (Å²) in [5.74, 6) is -0.781. The summed E-state index contributed by atoms with van der Waals surface area (Å²) in [7, 11) is 1.68. The molecule has 0 amide bonds. The van der Waals surface area contributed by atoms with Gasteiger partial charge in [-0.05, 0) is 28.1 Å². The molecule has 17 heavy (non-hydrogen) atoms. The summed E-state index contributed by atoms with van der Waals surface area (Å²) in [6.07, 6.45) is 4.58. The van der Waals surface area contributed by atoms with Crippen LogP contribution < -0.4 is 10.2 Å². The molecule has 0 fully saturated rings. The number of hydrogen-bond donors (Lipinski definition) is 2. The van der Waals surface area contributed by atoms with Gasteiger partial charge in [0.25, 0.3) is 5.72 Å². The van der Waals surface area contributed by atoms with Gasteiger partial charge in [0.1, 0.15) is 4.60 Å². The van der Waals surface area contributed by atoms with Crippen LogP contribution in [0.25, 0.3) is 0 Å². The lowest BCUT2D eigenvalue weighted by atomic mass is 10.2. The van der Waals surface area contributed by atoms with Crippen LogP contribution in [-0.2, 0) is 4.79 Å². The van der Waals surface area contributed by atoms with Crippen LogP contribution in [0.5, 0.6) is 5.75 Å². The zero-order valence-corrected chi connectivity index (χ0v) is 10.5. The molecule has 6 nitrogen and oxygen atoms in total. The van der Waals surface area contributed by atoms with Crippen LogP contribution in [-0.4, -0.2) is 33.8 Å². The third-order valence-corrected chi connectivity index (χ3v) is 2.78. The van der Waals surface area contributed by atoms with Gasteiger partial charge in [0.15, 0.2) is 5.75 Å². The molecule has 1 atom stereocenters. The lowest BCUT2D eigenvalue weighted by molar-refractivity contribution is -0.155. The second kappa shape index (κ2) is 4.34. The minimum atomic E-state index is -1.60. The summed E-state index contributed by atoms with van der Waals surface area (Å²) in [6.45, 7) is 0. The molecule has 7 heteroatoms. The number of hydrogen-bond acceptors (Lipinski definition) is 5. The first kappa shape index (κ1) is 11.9. The lowest BCUT2D eigenvalue weighted by Gasteiger charge is -2.26. The van der Waals surface area contributed by atoms with Crippen LogP contribution in [0.15, 0.2) is 35.2 Å². The third kappa shape index (κ3) is 2.25. The largest absolute Gasteiger partial charge is 0.477 e. The minimum Gasteiger partial charge on any atom is -0.477 e. The fraction of sp³-hybridized carbons (Fsp3) is 0.200. The Kier molecular flexibility index (Phi) is 3.03. The van der Waals surface area contributed by atoms with Crippen LogP contribution in [0.3, 0.4) is 0 Å². The van der Waals surface area contributed by atoms with Crippen LogP contribution in [0.2, 0.25) is 0 Å². The van der Waals surface area contributed by atoms with Crippen molar-refractivity contribution < 1.29 is 14.6 Å². The molecule has 0 radical (unpaired) electrons. The molecule has 2 N–H and O–H groups in total. The predicted octanol–water partition coefficient (Wildman–Crippen LogP) is 0.967. The number of aliphatic carboxylic acids is 1. The zero-order valence-electron chi connectivity index (χ0n) is 8.92. The van der Waals surface area contributed by atoms with Crippen molar-refractivity contribution in [3.63, 3.8) is 0 Å². The Bertz CT molecular complexity index is 480. The van der Waals surface area contributed by atoms with Crippen molar-refractivity contribution in [3.05, 3.63) is 35.2 Å². The molecule has 1 aliphatic rings. The van der Waals surface area contributed by atoms with E-state index in [1.807, 2.05) is 0 Å². The van der Waals surface area contributed by atoms with Gasteiger partial charge in [0, 0.05) is 25.5 Å². The Balaban J connectivity index is 2.30. The molecular formula is C10H10BrN3O3. The summed E-state index contributed by atoms with van der Waals surface area (Å²) < 4.78 is 5.93. The number of halogens is 1. The van der Waals surface area contributed by atoms with E-state index in [0.717, 1.165) is 0 Å². The highest BCUT2D eigenvalue weighted by atomic mass is 79.9. The maximum Gasteiger partial charge on any atom is 0.370 e. The van der Waals surface area contributed by atoms with E-state index >= 15 is 0 Å². The van der Waals surface area contributed by atoms with Gasteiger partial charge < -0.3 is 14.9 Å². The molecule has 1 aliphatic heterocycles. The van der Waals surface area contributed by atoms with E-state index in [0.29, 0.717) is 10.4 Å². The molecule has 0 aliphatic carbocycles. The average Bonchev–Trinajstić information content (AvgIpc) is 2.65. The van der Waals surface area contributed by atoms with Gasteiger partial charge in [0.2, 0.25) is 0 Å². The molecule has 0 aromatic carbocycles. The van der Waals surface area contributed by atoms with E-state index in [9.17, 15) is 9.90 Å². The Labute approximate surface area is 106 Å². The maximum absolute atomic E-state index is 11.3. The maximum atomic E-state index is 11.3. The quantitative estimate of drug-likeness (QED) is 0.810. The summed E-state index contributed by atoms with van der Waals surface area (Å²) >= 11 is 3.20. The predicted molar refractivity (Wildman–Crippen MR) is 63.0 cm³/mol. The van der Waals surface area contributed by atoms with Gasteiger partial charge in [-0.25, -0.2) is 9.78 Å². The molecule has 1 aromatic rings. The summed E-state index contributed by atoms with van der Waals surface area (Å²) in [6, 6.07) is 3.30. The average molecular weight is 300 g/mol. The first-order chi connectivity index (χ1) is 8.03. The lowest BCUT2D eigenvalue weighted by Crippen LogP contribution is -2.55. The molecule has 1 aromatic heterocycles. The normalized spacial score (nSPS) is 22.8. The number of nitrogens with one attached hydrogen (secondary N) is 1. The molecule has 90 valence electrons. The van der Waals surface area contributed by atoms with Crippen LogP contribution in [0.1, 0.15) is 0 Å². The van der Waals surface area contributed by atoms with Crippen molar-refractivity contribution >= 4 is 21.9 Å². The molecule has 2 heterocycles. The van der Waals surface area contributed by atoms with E-state index < -0.39 is 11.7 Å². The van der Waals surface area contributed by atoms with Gasteiger partial charge >= 0.3 is 5.97 Å². The number of hydrazine groups is 1. The summed E-state index contributed by atoms with van der Waals surface area (Å²) in [5.41, 5.74) is 1.10. The Morgan fingerprint density at radius 2 is 2.47 bits per heavy atom. The molecule has 2 rings (SSSR count). The van der Waals surface area contributed by atoms with Crippen molar-refractivity contribution in [1.82, 2.24) is 15.4 Å². The van der Waals surface area contributed by atoms with Crippen LogP contribution in [0, 0.1) is 0 Å². The van der Waals surface area contributed by atoms with Crippen molar-refractivity contribution in [1.29, 1.82) is 0 Å². The SMILES string of the molecule is CN1C=CC(Oc2cccnc2Br)(C(=O)O)N1. The van der Waals surface area contributed by atoms with Gasteiger partial charge in [0.05, 0.1) is 0 Å². The van der Waals surface area contributed by atoms with Crippen molar-refractivity contribution in [2.75, 3.05) is 7.05 Å². The Morgan fingerprint density at radius 1 is 1.71 bits per heavy atom. The van der Waals surface area contributed by atoms with E-state index in [-0.39, 0.29) is 0 Å². The van der Waals surface area contributed by atoms with Crippen molar-refractivity contribution in [2.24, 2.45) is 0 Å². The zero-order chi connectivity index (χ0) is 12.5. The van der Waals surface area contributed by atoms with E-state index in [4.69, 9.17) is 4.74 Å². The van der Waals surface area contributed by atoms with Crippen LogP contribution in [0.4, 0.5) is 0 Å². The molecule has 0 saturated carbocycles. The molecule has 0 bridgehead atoms. The van der Waals surface area contributed by atoms with Gasteiger partial charge in [-0.1, -0.05) is 0 Å². The molecular weight excluding hydrogens is 290 g/mol. The highest BCUT2D eigenvalue weighted by Crippen LogP contribution is 2.27. The van der Waals surface area contributed by atoms with Gasteiger partial charge in [-0.2, -0.15) is 5.43 Å². The van der Waals surface area contributed by atoms with Crippen molar-refractivity contribution in [2.45, 2.75) is 5.72 Å². The number of ether oxygens (including phenoxy) is 1. The number of carboxylic acid groups (broad SMARTS) is 1. The number of carboxylic acids is 1. The number of carbonyl (C=O) groups is 1. The second-order valence-electron chi connectivity index (χ2n) is 3.47. The first-order valence-electron chi connectivity index (χ1n) is 4.76. The van der Waals surface area contributed by atoms with E-state index in [2.05, 4.69) is 26.3 Å². The van der Waals surface area contributed by atoms with Crippen LogP contribution >= 0.6 is 15.9 Å². The first-order valence-corrected chi connectivity index (χ1v) is 5.56. The number of nitrogens with zero attached hydrogens (tertiary/aromatic N) is 2. The minimum absolute atomic E-state index is 0.349. The number of rotatable bonds is 3. The van der Waals surface area contributed by atoms with Crippen molar-refractivity contribution in [3.8, 4) is 5.75 Å². The van der Waals surface area contributed by atoms with E-state index in [1.54, 1.807) is 31.6 Å². The highest BCUT2D eigenvalue weighted by Gasteiger charge is 2.43. The Hall–Kier alpha value is -1.60. The molecule has 1 unspecified atom stereocenters. The smallest absolute Gasteiger partial charge is 0.370 e. The van der Waals surface area contributed by atoms with Gasteiger partial charge in [-0.15, -0.1) is 0 Å². The standard InChI is InChI=1S/C10H10BrN3O3/c1-14-6-4-10(13-14,9(15)16)17-7-3-2-5-12-8(7)11/h2-6,13H,1H3,(H,15,16). The second-order valence-corrected chi connectivity index (χ2v) is 4.22. The fourth-order valence-corrected chi connectivity index (χ4v) is 1.73. The summed E-state index contributed by atoms with van der Waals surface area (Å²) in [5, 5.41) is 10.7. The number of aromatic nitrogens is 1. The fourth-order valence-electron chi connectivity index (χ4n) is 1.39. The summed E-state index contributed by atoms with van der Waals surface area (Å²) in [4.78, 5) is 15.2. The van der Waals surface area contributed by atoms with Gasteiger partial charge in [-0.3, -0.25) is 0 Å². The monoisotopic (exact) mass is 299 g/mol. The molecule has 0 saturated heterocycles. The highest BCUT2D eigenvalue weighted by molar-refractivity contribution is 9.10. The number of pyridine rings is 1. The third-order valence-electron chi connectivity index (χ3n) is 2.19.